The minimum Gasteiger partial charge on any atom is -0.394 e. The lowest BCUT2D eigenvalue weighted by molar-refractivity contribution is -0.486. The molecule has 3 heterocycles. The minimum absolute atomic E-state index is 0.191. The number of aliphatic hydroxyl groups excluding tert-OH is 2. The second kappa shape index (κ2) is 18.2. The number of benzene rings is 3. The Morgan fingerprint density at radius 1 is 0.528 bits per heavy atom. The zero-order chi connectivity index (χ0) is 37.4. The summed E-state index contributed by atoms with van der Waals surface area (Å²) in [6.45, 7) is 3.23. The van der Waals surface area contributed by atoms with Gasteiger partial charge in [0.2, 0.25) is 11.6 Å². The SMILES string of the molecule is CO[C@H]1O[C@H](CO)[C@H]2O[C@@](C)(OC)[C@](C)(OC)O[C@@H]2[C@@H]1OC1O[C@H](CO)[C@H](OCc2ccccc2)[C@H](OCc2ccccc2)[C@H]1OCc1ccccc1. The van der Waals surface area contributed by atoms with Gasteiger partial charge in [0.15, 0.2) is 12.6 Å². The molecule has 0 aliphatic carbocycles. The Bertz CT molecular complexity index is 1520. The first-order valence-corrected chi connectivity index (χ1v) is 17.9. The molecular formula is C40H52O13. The number of aliphatic hydroxyl groups is 2. The normalized spacial score (nSPS) is 35.8. The van der Waals surface area contributed by atoms with Crippen molar-refractivity contribution in [3.05, 3.63) is 108 Å². The number of hydrogen-bond acceptors (Lipinski definition) is 13. The summed E-state index contributed by atoms with van der Waals surface area (Å²) in [6, 6.07) is 29.2. The molecule has 3 aliphatic heterocycles. The van der Waals surface area contributed by atoms with E-state index in [4.69, 9.17) is 52.1 Å². The molecule has 12 atom stereocenters. The topological polar surface area (TPSA) is 142 Å². The van der Waals surface area contributed by atoms with Crippen molar-refractivity contribution in [1.29, 1.82) is 0 Å². The summed E-state index contributed by atoms with van der Waals surface area (Å²) in [4.78, 5) is 0. The minimum atomic E-state index is -1.41. The van der Waals surface area contributed by atoms with Crippen LogP contribution in [0.2, 0.25) is 0 Å². The number of methoxy groups -OCH3 is 3. The van der Waals surface area contributed by atoms with E-state index in [1.807, 2.05) is 91.0 Å². The molecule has 2 N–H and O–H groups in total. The van der Waals surface area contributed by atoms with Gasteiger partial charge in [-0.05, 0) is 30.5 Å². The molecule has 1 unspecified atom stereocenters. The van der Waals surface area contributed by atoms with Crippen molar-refractivity contribution in [2.75, 3.05) is 34.5 Å². The predicted molar refractivity (Wildman–Crippen MR) is 189 cm³/mol. The molecule has 3 aliphatic rings. The van der Waals surface area contributed by atoms with Crippen LogP contribution in [-0.4, -0.2) is 118 Å². The second-order valence-corrected chi connectivity index (χ2v) is 13.5. The first-order chi connectivity index (χ1) is 25.8. The van der Waals surface area contributed by atoms with E-state index in [0.29, 0.717) is 0 Å². The van der Waals surface area contributed by atoms with Crippen LogP contribution in [0.3, 0.4) is 0 Å². The fraction of sp³-hybridized carbons (Fsp3) is 0.550. The molecule has 3 aromatic rings. The Morgan fingerprint density at radius 2 is 0.962 bits per heavy atom. The molecule has 53 heavy (non-hydrogen) atoms. The third-order valence-corrected chi connectivity index (χ3v) is 10.2. The monoisotopic (exact) mass is 740 g/mol. The van der Waals surface area contributed by atoms with Gasteiger partial charge in [-0.15, -0.1) is 0 Å². The lowest BCUT2D eigenvalue weighted by atomic mass is 9.93. The van der Waals surface area contributed by atoms with E-state index in [1.54, 1.807) is 13.8 Å². The van der Waals surface area contributed by atoms with Crippen LogP contribution in [0.1, 0.15) is 30.5 Å². The molecule has 13 nitrogen and oxygen atoms in total. The molecule has 0 aromatic heterocycles. The average molecular weight is 741 g/mol. The molecule has 0 amide bonds. The average Bonchev–Trinajstić information content (AvgIpc) is 3.20. The lowest BCUT2D eigenvalue weighted by Gasteiger charge is -2.57. The summed E-state index contributed by atoms with van der Waals surface area (Å²) in [6.07, 6.45) is -9.26. The highest BCUT2D eigenvalue weighted by Gasteiger charge is 2.63. The van der Waals surface area contributed by atoms with E-state index in [9.17, 15) is 10.2 Å². The zero-order valence-corrected chi connectivity index (χ0v) is 30.9. The highest BCUT2D eigenvalue weighted by molar-refractivity contribution is 5.16. The number of hydrogen-bond donors (Lipinski definition) is 2. The van der Waals surface area contributed by atoms with Gasteiger partial charge in [-0.1, -0.05) is 91.0 Å². The zero-order valence-electron chi connectivity index (χ0n) is 30.9. The van der Waals surface area contributed by atoms with Crippen molar-refractivity contribution in [1.82, 2.24) is 0 Å². The first kappa shape index (κ1) is 39.8. The van der Waals surface area contributed by atoms with Crippen molar-refractivity contribution in [3.63, 3.8) is 0 Å². The Hall–Kier alpha value is -2.86. The quantitative estimate of drug-likeness (QED) is 0.221. The number of rotatable bonds is 16. The fourth-order valence-electron chi connectivity index (χ4n) is 6.99. The maximum absolute atomic E-state index is 10.8. The standard InChI is InChI=1S/C40H52O13/c1-39(44-4)40(2,45-5)53-34-32(52-39)30(22-42)49-37(43-3)36(34)51-38-35(48-25-28-19-13-8-14-20-28)33(47-24-27-17-11-7-12-18-27)31(29(21-41)50-38)46-23-26-15-9-6-10-16-26/h6-20,29-38,41-42H,21-25H2,1-5H3/t29-,30-,31+,32-,33+,34+,35-,36+,37+,38?,39-,40-/m1/s1. The van der Waals surface area contributed by atoms with E-state index in [1.165, 1.54) is 21.3 Å². The molecule has 0 radical (unpaired) electrons. The molecule has 6 rings (SSSR count). The van der Waals surface area contributed by atoms with Gasteiger partial charge < -0.3 is 62.3 Å². The summed E-state index contributed by atoms with van der Waals surface area (Å²) in [7, 11) is 4.44. The summed E-state index contributed by atoms with van der Waals surface area (Å²) in [5, 5.41) is 21.2. The first-order valence-electron chi connectivity index (χ1n) is 17.9. The van der Waals surface area contributed by atoms with Crippen molar-refractivity contribution in [3.8, 4) is 0 Å². The van der Waals surface area contributed by atoms with Gasteiger partial charge >= 0.3 is 0 Å². The third-order valence-electron chi connectivity index (χ3n) is 10.2. The van der Waals surface area contributed by atoms with Crippen LogP contribution in [0.25, 0.3) is 0 Å². The molecule has 0 spiro atoms. The summed E-state index contributed by atoms with van der Waals surface area (Å²) < 4.78 is 70.0. The fourth-order valence-corrected chi connectivity index (χ4v) is 6.99. The lowest BCUT2D eigenvalue weighted by Crippen LogP contribution is -2.74. The van der Waals surface area contributed by atoms with E-state index >= 15 is 0 Å². The van der Waals surface area contributed by atoms with Gasteiger partial charge in [0.25, 0.3) is 0 Å². The van der Waals surface area contributed by atoms with E-state index < -0.39 is 86.2 Å². The van der Waals surface area contributed by atoms with Gasteiger partial charge in [-0.3, -0.25) is 0 Å². The molecule has 13 heteroatoms. The largest absolute Gasteiger partial charge is 0.394 e. The summed E-state index contributed by atoms with van der Waals surface area (Å²) in [5.74, 6) is -2.80. The molecule has 0 bridgehead atoms. The molecule has 3 aromatic carbocycles. The van der Waals surface area contributed by atoms with Gasteiger partial charge in [0, 0.05) is 21.3 Å². The molecule has 0 saturated carbocycles. The van der Waals surface area contributed by atoms with E-state index in [2.05, 4.69) is 0 Å². The van der Waals surface area contributed by atoms with Crippen LogP contribution in [0, 0.1) is 0 Å². The highest BCUT2D eigenvalue weighted by Crippen LogP contribution is 2.45. The maximum Gasteiger partial charge on any atom is 0.220 e. The molecular weight excluding hydrogens is 688 g/mol. The Kier molecular flexibility index (Phi) is 13.7. The molecule has 290 valence electrons. The smallest absolute Gasteiger partial charge is 0.220 e. The summed E-state index contributed by atoms with van der Waals surface area (Å²) in [5.41, 5.74) is 2.79. The van der Waals surface area contributed by atoms with Crippen LogP contribution in [-0.2, 0) is 71.9 Å². The van der Waals surface area contributed by atoms with Crippen LogP contribution < -0.4 is 0 Å². The van der Waals surface area contributed by atoms with Gasteiger partial charge in [0.1, 0.15) is 48.8 Å². The highest BCUT2D eigenvalue weighted by atomic mass is 16.8. The van der Waals surface area contributed by atoms with Crippen LogP contribution in [0.15, 0.2) is 91.0 Å². The van der Waals surface area contributed by atoms with Crippen molar-refractivity contribution in [2.24, 2.45) is 0 Å². The van der Waals surface area contributed by atoms with E-state index in [0.717, 1.165) is 16.7 Å². The molecule has 3 saturated heterocycles. The Balaban J connectivity index is 1.36. The number of fused-ring (bicyclic) bond motifs is 1. The van der Waals surface area contributed by atoms with E-state index in [-0.39, 0.29) is 19.8 Å². The van der Waals surface area contributed by atoms with Crippen LogP contribution in [0.5, 0.6) is 0 Å². The second-order valence-electron chi connectivity index (χ2n) is 13.5. The van der Waals surface area contributed by atoms with Crippen LogP contribution >= 0.6 is 0 Å². The third kappa shape index (κ3) is 8.84. The van der Waals surface area contributed by atoms with Gasteiger partial charge in [-0.25, -0.2) is 0 Å². The molecule has 3 fully saturated rings. The van der Waals surface area contributed by atoms with Gasteiger partial charge in [-0.2, -0.15) is 0 Å². The maximum atomic E-state index is 10.8. The van der Waals surface area contributed by atoms with Crippen LogP contribution in [0.4, 0.5) is 0 Å². The van der Waals surface area contributed by atoms with Gasteiger partial charge in [0.05, 0.1) is 33.0 Å². The Morgan fingerprint density at radius 3 is 1.42 bits per heavy atom. The van der Waals surface area contributed by atoms with Crippen molar-refractivity contribution in [2.45, 2.75) is 107 Å². The van der Waals surface area contributed by atoms with Crippen molar-refractivity contribution < 1.29 is 62.3 Å². The summed E-state index contributed by atoms with van der Waals surface area (Å²) >= 11 is 0. The number of ether oxygens (including phenoxy) is 11. The Labute approximate surface area is 310 Å². The predicted octanol–water partition coefficient (Wildman–Crippen LogP) is 3.72. The van der Waals surface area contributed by atoms with Crippen molar-refractivity contribution >= 4 is 0 Å².